The van der Waals surface area contributed by atoms with E-state index in [1.165, 1.54) is 34.4 Å². The van der Waals surface area contributed by atoms with Crippen LogP contribution in [0.2, 0.25) is 0 Å². The minimum absolute atomic E-state index is 0.00371. The van der Waals surface area contributed by atoms with Crippen LogP contribution in [0.4, 0.5) is 0 Å². The van der Waals surface area contributed by atoms with Crippen molar-refractivity contribution in [2.24, 2.45) is 5.14 Å². The summed E-state index contributed by atoms with van der Waals surface area (Å²) in [5.41, 5.74) is 8.10. The number of carbonyl (C=O) groups excluding carboxylic acids is 1. The molecule has 1 aliphatic heterocycles. The fourth-order valence-corrected chi connectivity index (χ4v) is 6.15. The lowest BCUT2D eigenvalue weighted by atomic mass is 9.97. The van der Waals surface area contributed by atoms with Crippen molar-refractivity contribution in [1.29, 1.82) is 0 Å². The molecule has 0 saturated heterocycles. The summed E-state index contributed by atoms with van der Waals surface area (Å²) in [6, 6.07) is 28.8. The molecule has 0 bridgehead atoms. The number of fused-ring (bicyclic) bond motifs is 1. The highest BCUT2D eigenvalue weighted by atomic mass is 32.2. The van der Waals surface area contributed by atoms with Crippen LogP contribution in [0.15, 0.2) is 108 Å². The second-order valence-electron chi connectivity index (χ2n) is 11.2. The van der Waals surface area contributed by atoms with Gasteiger partial charge in [0, 0.05) is 43.9 Å². The Bertz CT molecular complexity index is 1920. The molecular weight excluding hydrogens is 586 g/mol. The van der Waals surface area contributed by atoms with Gasteiger partial charge in [0.1, 0.15) is 5.75 Å². The number of primary sulfonamides is 1. The zero-order valence-electron chi connectivity index (χ0n) is 24.9. The van der Waals surface area contributed by atoms with Crippen molar-refractivity contribution in [3.63, 3.8) is 0 Å². The van der Waals surface area contributed by atoms with Crippen molar-refractivity contribution in [3.8, 4) is 16.9 Å². The number of aryl methyl sites for hydroxylation is 1. The molecule has 45 heavy (non-hydrogen) atoms. The van der Waals surface area contributed by atoms with Gasteiger partial charge in [0.05, 0.1) is 29.1 Å². The van der Waals surface area contributed by atoms with E-state index in [4.69, 9.17) is 9.88 Å². The van der Waals surface area contributed by atoms with Gasteiger partial charge in [-0.15, -0.1) is 0 Å². The Morgan fingerprint density at radius 2 is 1.71 bits per heavy atom. The van der Waals surface area contributed by atoms with E-state index < -0.39 is 10.0 Å². The third-order valence-electron chi connectivity index (χ3n) is 8.11. The maximum atomic E-state index is 13.2. The van der Waals surface area contributed by atoms with Gasteiger partial charge in [0.25, 0.3) is 5.91 Å². The average molecular weight is 622 g/mol. The predicted octanol–water partition coefficient (Wildman–Crippen LogP) is 5.10. The van der Waals surface area contributed by atoms with Gasteiger partial charge in [-0.3, -0.25) is 4.79 Å². The molecule has 0 radical (unpaired) electrons. The van der Waals surface area contributed by atoms with E-state index in [0.29, 0.717) is 31.0 Å². The first-order valence-electron chi connectivity index (χ1n) is 14.8. The molecule has 230 valence electrons. The van der Waals surface area contributed by atoms with Crippen molar-refractivity contribution in [2.45, 2.75) is 43.9 Å². The van der Waals surface area contributed by atoms with E-state index >= 15 is 0 Å². The summed E-state index contributed by atoms with van der Waals surface area (Å²) in [6.45, 7) is 4.16. The number of imidazole rings is 1. The van der Waals surface area contributed by atoms with Gasteiger partial charge in [-0.05, 0) is 52.9 Å². The quantitative estimate of drug-likeness (QED) is 0.199. The maximum absolute atomic E-state index is 13.2. The van der Waals surface area contributed by atoms with Crippen LogP contribution in [0, 0.1) is 6.92 Å². The Morgan fingerprint density at radius 1 is 0.956 bits per heavy atom. The number of para-hydroxylation sites is 1. The van der Waals surface area contributed by atoms with Gasteiger partial charge in [0.2, 0.25) is 10.0 Å². The third kappa shape index (κ3) is 6.99. The number of nitrogens with zero attached hydrogens (tertiary/aromatic N) is 2. The number of rotatable bonds is 10. The van der Waals surface area contributed by atoms with Crippen LogP contribution in [0.3, 0.4) is 0 Å². The summed E-state index contributed by atoms with van der Waals surface area (Å²) in [5, 5.41) is 11.7. The Morgan fingerprint density at radius 3 is 2.47 bits per heavy atom. The standard InChI is InChI=1S/C35H35N5O4S/c1-24-5-2-3-6-30(24)27-13-9-26(10-14-27)22-40-23-37-20-28(40)21-38-33-17-18-44-34-31(33)7-4-8-32(34)35(41)39-19-25-11-15-29(16-12-25)45(36,42)43/h2-16,20,23,33,38H,17-19,21-22H2,1H3,(H,39,41)(H2,36,42,43). The fraction of sp³-hybridized carbons (Fsp3) is 0.200. The van der Waals surface area contributed by atoms with Crippen LogP contribution in [-0.4, -0.2) is 30.5 Å². The molecule has 1 amide bonds. The third-order valence-corrected chi connectivity index (χ3v) is 9.04. The van der Waals surface area contributed by atoms with Gasteiger partial charge in [-0.1, -0.05) is 72.8 Å². The molecule has 1 aliphatic rings. The minimum atomic E-state index is -3.77. The molecule has 6 rings (SSSR count). The van der Waals surface area contributed by atoms with Gasteiger partial charge >= 0.3 is 0 Å². The molecular formula is C35H35N5O4S. The number of nitrogens with two attached hydrogens (primary N) is 1. The van der Waals surface area contributed by atoms with E-state index in [-0.39, 0.29) is 23.4 Å². The molecule has 5 aromatic rings. The minimum Gasteiger partial charge on any atom is -0.492 e. The number of aromatic nitrogens is 2. The Balaban J connectivity index is 1.09. The zero-order valence-corrected chi connectivity index (χ0v) is 25.8. The lowest BCUT2D eigenvalue weighted by molar-refractivity contribution is 0.0945. The van der Waals surface area contributed by atoms with Gasteiger partial charge in [-0.2, -0.15) is 0 Å². The van der Waals surface area contributed by atoms with Crippen LogP contribution in [0.25, 0.3) is 11.1 Å². The fourth-order valence-electron chi connectivity index (χ4n) is 5.64. The van der Waals surface area contributed by atoms with E-state index in [2.05, 4.69) is 75.6 Å². The molecule has 4 N–H and O–H groups in total. The number of ether oxygens (including phenoxy) is 1. The van der Waals surface area contributed by atoms with Crippen molar-refractivity contribution in [1.82, 2.24) is 20.2 Å². The SMILES string of the molecule is Cc1ccccc1-c1ccc(Cn2cncc2CNC2CCOc3c(C(=O)NCc4ccc(S(N)(=O)=O)cc4)cccc32)cc1. The number of amides is 1. The summed E-state index contributed by atoms with van der Waals surface area (Å²) in [6.07, 6.45) is 4.51. The molecule has 0 fully saturated rings. The highest BCUT2D eigenvalue weighted by Gasteiger charge is 2.26. The molecule has 1 atom stereocenters. The molecule has 0 spiro atoms. The molecule has 4 aromatic carbocycles. The molecule has 1 unspecified atom stereocenters. The predicted molar refractivity (Wildman–Crippen MR) is 173 cm³/mol. The smallest absolute Gasteiger partial charge is 0.255 e. The molecule has 2 heterocycles. The van der Waals surface area contributed by atoms with Crippen LogP contribution < -0.4 is 20.5 Å². The van der Waals surface area contributed by atoms with Gasteiger partial charge < -0.3 is 19.9 Å². The molecule has 9 nitrogen and oxygen atoms in total. The molecule has 1 aromatic heterocycles. The maximum Gasteiger partial charge on any atom is 0.255 e. The van der Waals surface area contributed by atoms with E-state index in [9.17, 15) is 13.2 Å². The summed E-state index contributed by atoms with van der Waals surface area (Å²) in [5.74, 6) is 0.306. The van der Waals surface area contributed by atoms with Crippen molar-refractivity contribution in [3.05, 3.63) is 137 Å². The van der Waals surface area contributed by atoms with Crippen LogP contribution >= 0.6 is 0 Å². The van der Waals surface area contributed by atoms with Gasteiger partial charge in [0.15, 0.2) is 0 Å². The van der Waals surface area contributed by atoms with Crippen LogP contribution in [0.5, 0.6) is 5.75 Å². The second-order valence-corrected chi connectivity index (χ2v) is 12.8. The summed E-state index contributed by atoms with van der Waals surface area (Å²) in [7, 11) is -3.77. The Hall–Kier alpha value is -4.77. The Kier molecular flexibility index (Phi) is 8.79. The van der Waals surface area contributed by atoms with Crippen molar-refractivity contribution < 1.29 is 17.9 Å². The summed E-state index contributed by atoms with van der Waals surface area (Å²) in [4.78, 5) is 17.6. The number of hydrogen-bond acceptors (Lipinski definition) is 6. The van der Waals surface area contributed by atoms with Crippen LogP contribution in [-0.2, 0) is 29.7 Å². The van der Waals surface area contributed by atoms with Gasteiger partial charge in [-0.25, -0.2) is 18.5 Å². The summed E-state index contributed by atoms with van der Waals surface area (Å²) < 4.78 is 31.2. The molecule has 10 heteroatoms. The average Bonchev–Trinajstić information content (AvgIpc) is 3.49. The monoisotopic (exact) mass is 621 g/mol. The molecule has 0 saturated carbocycles. The number of sulfonamides is 1. The zero-order chi connectivity index (χ0) is 31.4. The largest absolute Gasteiger partial charge is 0.492 e. The second kappa shape index (κ2) is 13.1. The first kappa shape index (κ1) is 30.3. The highest BCUT2D eigenvalue weighted by Crippen LogP contribution is 2.35. The summed E-state index contributed by atoms with van der Waals surface area (Å²) >= 11 is 0. The first-order valence-corrected chi connectivity index (χ1v) is 16.3. The lowest BCUT2D eigenvalue weighted by Crippen LogP contribution is -2.30. The van der Waals surface area contributed by atoms with E-state index in [1.807, 2.05) is 24.7 Å². The normalized spacial score (nSPS) is 14.4. The number of nitrogens with one attached hydrogen (secondary N) is 2. The highest BCUT2D eigenvalue weighted by molar-refractivity contribution is 7.89. The molecule has 0 aliphatic carbocycles. The van der Waals surface area contributed by atoms with Crippen molar-refractivity contribution >= 4 is 15.9 Å². The van der Waals surface area contributed by atoms with Crippen LogP contribution in [0.1, 0.15) is 50.8 Å². The van der Waals surface area contributed by atoms with Crippen molar-refractivity contribution in [2.75, 3.05) is 6.61 Å². The van der Waals surface area contributed by atoms with E-state index in [1.54, 1.807) is 18.2 Å². The number of carbonyl (C=O) groups is 1. The number of benzene rings is 4. The Labute approximate surface area is 263 Å². The lowest BCUT2D eigenvalue weighted by Gasteiger charge is -2.28. The van der Waals surface area contributed by atoms with E-state index in [0.717, 1.165) is 23.2 Å². The topological polar surface area (TPSA) is 128 Å². The first-order chi connectivity index (χ1) is 21.8. The number of hydrogen-bond donors (Lipinski definition) is 3.